The van der Waals surface area contributed by atoms with Gasteiger partial charge in [-0.25, -0.2) is 4.79 Å². The second-order valence-corrected chi connectivity index (χ2v) is 7.23. The zero-order valence-electron chi connectivity index (χ0n) is 16.3. The first kappa shape index (κ1) is 19.0. The summed E-state index contributed by atoms with van der Waals surface area (Å²) in [5.41, 5.74) is 0.779. The van der Waals surface area contributed by atoms with Crippen molar-refractivity contribution in [3.05, 3.63) is 48.3 Å². The summed E-state index contributed by atoms with van der Waals surface area (Å²) in [5, 5.41) is 18.2. The van der Waals surface area contributed by atoms with Crippen molar-refractivity contribution in [2.24, 2.45) is 5.92 Å². The standard InChI is InChI=1S/C21H24N4O4/c1-28-17-5-3-16(4-6-17)19-18(21(26)27)20(23-29-19)24-12-7-15(8-13-24)9-14-25-11-2-10-22-25/h2-6,10-11,15H,7-9,12-14H2,1H3,(H,26,27). The molecule has 0 unspecified atom stereocenters. The molecule has 0 radical (unpaired) electrons. The lowest BCUT2D eigenvalue weighted by Gasteiger charge is -2.32. The summed E-state index contributed by atoms with van der Waals surface area (Å²) in [5.74, 6) is 0.942. The van der Waals surface area contributed by atoms with Gasteiger partial charge in [-0.2, -0.15) is 5.10 Å². The lowest BCUT2D eigenvalue weighted by atomic mass is 9.93. The summed E-state index contributed by atoms with van der Waals surface area (Å²) < 4.78 is 12.6. The zero-order valence-corrected chi connectivity index (χ0v) is 16.3. The molecular weight excluding hydrogens is 372 g/mol. The van der Waals surface area contributed by atoms with Crippen LogP contribution >= 0.6 is 0 Å². The minimum atomic E-state index is -1.03. The number of piperidine rings is 1. The average Bonchev–Trinajstić information content (AvgIpc) is 3.43. The highest BCUT2D eigenvalue weighted by atomic mass is 16.5. The molecule has 1 aliphatic rings. The largest absolute Gasteiger partial charge is 0.497 e. The molecule has 0 saturated carbocycles. The van der Waals surface area contributed by atoms with Gasteiger partial charge in [0.2, 0.25) is 0 Å². The van der Waals surface area contributed by atoms with E-state index in [9.17, 15) is 9.90 Å². The lowest BCUT2D eigenvalue weighted by Crippen LogP contribution is -2.35. The first-order valence-electron chi connectivity index (χ1n) is 9.75. The predicted octanol–water partition coefficient (Wildman–Crippen LogP) is 3.55. The monoisotopic (exact) mass is 396 g/mol. The van der Waals surface area contributed by atoms with Crippen LogP contribution in [0.2, 0.25) is 0 Å². The lowest BCUT2D eigenvalue weighted by molar-refractivity contribution is 0.0697. The topological polar surface area (TPSA) is 93.6 Å². The number of aromatic carboxylic acids is 1. The number of carbonyl (C=O) groups is 1. The van der Waals surface area contributed by atoms with Crippen molar-refractivity contribution in [1.29, 1.82) is 0 Å². The molecule has 0 atom stereocenters. The molecule has 2 aromatic heterocycles. The number of methoxy groups -OCH3 is 1. The molecule has 0 bridgehead atoms. The molecule has 1 aromatic carbocycles. The molecule has 152 valence electrons. The molecular formula is C21H24N4O4. The normalized spacial score (nSPS) is 14.9. The smallest absolute Gasteiger partial charge is 0.343 e. The Morgan fingerprint density at radius 3 is 2.66 bits per heavy atom. The van der Waals surface area contributed by atoms with E-state index in [1.807, 2.05) is 21.8 Å². The van der Waals surface area contributed by atoms with Crippen LogP contribution in [0.4, 0.5) is 5.82 Å². The summed E-state index contributed by atoms with van der Waals surface area (Å²) in [7, 11) is 1.59. The van der Waals surface area contributed by atoms with Crippen LogP contribution in [0.1, 0.15) is 29.6 Å². The highest BCUT2D eigenvalue weighted by Gasteiger charge is 2.30. The van der Waals surface area contributed by atoms with Crippen LogP contribution < -0.4 is 9.64 Å². The molecule has 3 heterocycles. The number of aromatic nitrogens is 3. The van der Waals surface area contributed by atoms with Gasteiger partial charge in [-0.1, -0.05) is 5.16 Å². The van der Waals surface area contributed by atoms with Crippen LogP contribution in [0.5, 0.6) is 5.75 Å². The SMILES string of the molecule is COc1ccc(-c2onc(N3CCC(CCn4cccn4)CC3)c2C(=O)O)cc1. The number of rotatable bonds is 7. The van der Waals surface area contributed by atoms with Crippen LogP contribution in [-0.4, -0.2) is 46.2 Å². The van der Waals surface area contributed by atoms with E-state index >= 15 is 0 Å². The quantitative estimate of drug-likeness (QED) is 0.653. The molecule has 8 heteroatoms. The molecule has 29 heavy (non-hydrogen) atoms. The molecule has 1 aliphatic heterocycles. The summed E-state index contributed by atoms with van der Waals surface area (Å²) in [6.45, 7) is 2.43. The minimum Gasteiger partial charge on any atom is -0.497 e. The molecule has 1 saturated heterocycles. The predicted molar refractivity (Wildman–Crippen MR) is 107 cm³/mol. The Kier molecular flexibility index (Phi) is 5.50. The second kappa shape index (κ2) is 8.38. The maximum atomic E-state index is 12.0. The van der Waals surface area contributed by atoms with Crippen LogP contribution in [0, 0.1) is 5.92 Å². The van der Waals surface area contributed by atoms with Crippen molar-refractivity contribution in [2.75, 3.05) is 25.1 Å². The van der Waals surface area contributed by atoms with Gasteiger partial charge in [0.1, 0.15) is 5.75 Å². The number of benzene rings is 1. The zero-order chi connectivity index (χ0) is 20.2. The third kappa shape index (κ3) is 4.11. The first-order chi connectivity index (χ1) is 14.2. The summed E-state index contributed by atoms with van der Waals surface area (Å²) in [4.78, 5) is 14.0. The Morgan fingerprint density at radius 2 is 2.03 bits per heavy atom. The summed E-state index contributed by atoms with van der Waals surface area (Å²) in [6, 6.07) is 9.03. The Bertz CT molecular complexity index is 942. The van der Waals surface area contributed by atoms with E-state index in [-0.39, 0.29) is 11.3 Å². The van der Waals surface area contributed by atoms with E-state index in [1.165, 1.54) is 0 Å². The minimum absolute atomic E-state index is 0.116. The van der Waals surface area contributed by atoms with Gasteiger partial charge >= 0.3 is 5.97 Å². The molecule has 0 spiro atoms. The van der Waals surface area contributed by atoms with Gasteiger partial charge in [-0.3, -0.25) is 4.68 Å². The number of hydrogen-bond acceptors (Lipinski definition) is 6. The molecule has 1 fully saturated rings. The molecule has 0 aliphatic carbocycles. The Labute approximate surface area is 168 Å². The highest BCUT2D eigenvalue weighted by Crippen LogP contribution is 2.34. The Balaban J connectivity index is 1.46. The number of anilines is 1. The second-order valence-electron chi connectivity index (χ2n) is 7.23. The van der Waals surface area contributed by atoms with E-state index in [0.717, 1.165) is 38.9 Å². The van der Waals surface area contributed by atoms with E-state index in [2.05, 4.69) is 10.3 Å². The van der Waals surface area contributed by atoms with Crippen LogP contribution in [-0.2, 0) is 6.54 Å². The number of hydrogen-bond donors (Lipinski definition) is 1. The Morgan fingerprint density at radius 1 is 1.28 bits per heavy atom. The van der Waals surface area contributed by atoms with Crippen molar-refractivity contribution in [1.82, 2.24) is 14.9 Å². The third-order valence-corrected chi connectivity index (χ3v) is 5.48. The molecule has 4 rings (SSSR count). The fraction of sp³-hybridized carbons (Fsp3) is 0.381. The van der Waals surface area contributed by atoms with E-state index in [0.29, 0.717) is 23.0 Å². The van der Waals surface area contributed by atoms with Crippen LogP contribution in [0.3, 0.4) is 0 Å². The van der Waals surface area contributed by atoms with Gasteiger partial charge in [0.05, 0.1) is 7.11 Å². The van der Waals surface area contributed by atoms with E-state index < -0.39 is 5.97 Å². The van der Waals surface area contributed by atoms with Crippen molar-refractivity contribution in [3.63, 3.8) is 0 Å². The average molecular weight is 396 g/mol. The fourth-order valence-corrected chi connectivity index (χ4v) is 3.81. The number of nitrogens with zero attached hydrogens (tertiary/aromatic N) is 4. The number of carboxylic acid groups (broad SMARTS) is 1. The van der Waals surface area contributed by atoms with Crippen molar-refractivity contribution in [3.8, 4) is 17.1 Å². The van der Waals surface area contributed by atoms with Crippen LogP contribution in [0.15, 0.2) is 47.2 Å². The van der Waals surface area contributed by atoms with Crippen molar-refractivity contribution >= 4 is 11.8 Å². The Hall–Kier alpha value is -3.29. The molecule has 3 aromatic rings. The summed E-state index contributed by atoms with van der Waals surface area (Å²) >= 11 is 0. The van der Waals surface area contributed by atoms with Gasteiger partial charge in [0, 0.05) is 37.6 Å². The maximum absolute atomic E-state index is 12.0. The van der Waals surface area contributed by atoms with Gasteiger partial charge in [-0.15, -0.1) is 0 Å². The van der Waals surface area contributed by atoms with Gasteiger partial charge in [-0.05, 0) is 55.5 Å². The fourth-order valence-electron chi connectivity index (χ4n) is 3.81. The van der Waals surface area contributed by atoms with Gasteiger partial charge in [0.25, 0.3) is 0 Å². The molecule has 8 nitrogen and oxygen atoms in total. The maximum Gasteiger partial charge on any atom is 0.343 e. The molecule has 0 amide bonds. The van der Waals surface area contributed by atoms with Crippen LogP contribution in [0.25, 0.3) is 11.3 Å². The van der Waals surface area contributed by atoms with Gasteiger partial charge in [0.15, 0.2) is 17.1 Å². The van der Waals surface area contributed by atoms with Gasteiger partial charge < -0.3 is 19.3 Å². The molecule has 1 N–H and O–H groups in total. The van der Waals surface area contributed by atoms with E-state index in [4.69, 9.17) is 9.26 Å². The first-order valence-corrected chi connectivity index (χ1v) is 9.75. The van der Waals surface area contributed by atoms with Crippen molar-refractivity contribution < 1.29 is 19.2 Å². The number of aryl methyl sites for hydroxylation is 1. The highest BCUT2D eigenvalue weighted by molar-refractivity contribution is 5.99. The van der Waals surface area contributed by atoms with Crippen molar-refractivity contribution in [2.45, 2.75) is 25.8 Å². The summed E-state index contributed by atoms with van der Waals surface area (Å²) in [6.07, 6.45) is 6.82. The van der Waals surface area contributed by atoms with E-state index in [1.54, 1.807) is 37.6 Å². The number of carboxylic acids is 1. The number of ether oxygens (including phenoxy) is 1. The third-order valence-electron chi connectivity index (χ3n) is 5.48.